The van der Waals surface area contributed by atoms with Gasteiger partial charge >= 0.3 is 0 Å². The molecular weight excluding hydrogens is 183 g/mol. The van der Waals surface area contributed by atoms with Crippen LogP contribution in [0.25, 0.3) is 0 Å². The molecule has 1 rings (SSSR count). The second-order valence-corrected chi connectivity index (χ2v) is 3.07. The molecule has 0 aliphatic carbocycles. The monoisotopic (exact) mass is 198 g/mol. The third-order valence-corrected chi connectivity index (χ3v) is 2.22. The van der Waals surface area contributed by atoms with Gasteiger partial charge in [0, 0.05) is 12.7 Å². The summed E-state index contributed by atoms with van der Waals surface area (Å²) in [6.45, 7) is 2.01. The van der Waals surface area contributed by atoms with E-state index in [2.05, 4.69) is 0 Å². The smallest absolute Gasteiger partial charge is 0.127 e. The highest BCUT2D eigenvalue weighted by Gasteiger charge is 2.09. The molecule has 0 spiro atoms. The third-order valence-electron chi connectivity index (χ3n) is 2.22. The molecule has 78 valence electrons. The van der Waals surface area contributed by atoms with E-state index in [1.165, 1.54) is 19.2 Å². The quantitative estimate of drug-likeness (QED) is 0.801. The molecule has 1 aromatic rings. The van der Waals surface area contributed by atoms with Crippen molar-refractivity contribution in [1.82, 2.24) is 0 Å². The topological polar surface area (TPSA) is 29.5 Å². The van der Waals surface area contributed by atoms with Gasteiger partial charge in [-0.2, -0.15) is 0 Å². The lowest BCUT2D eigenvalue weighted by atomic mass is 10.0. The predicted octanol–water partition coefficient (Wildman–Crippen LogP) is 1.93. The van der Waals surface area contributed by atoms with Gasteiger partial charge in [-0.05, 0) is 30.0 Å². The van der Waals surface area contributed by atoms with Crippen LogP contribution in [0, 0.1) is 5.82 Å². The molecule has 0 bridgehead atoms. The Kier molecular flexibility index (Phi) is 3.89. The Morgan fingerprint density at radius 1 is 1.43 bits per heavy atom. The van der Waals surface area contributed by atoms with Crippen molar-refractivity contribution in [2.75, 3.05) is 13.7 Å². The molecule has 0 fully saturated rings. The summed E-state index contributed by atoms with van der Waals surface area (Å²) in [6.07, 6.45) is 1.25. The number of hydrogen-bond acceptors (Lipinski definition) is 2. The number of rotatable bonds is 4. The highest BCUT2D eigenvalue weighted by Crippen LogP contribution is 2.25. The molecule has 0 atom stereocenters. The molecule has 1 aromatic carbocycles. The number of halogens is 1. The molecule has 0 radical (unpaired) electrons. The molecule has 0 amide bonds. The summed E-state index contributed by atoms with van der Waals surface area (Å²) in [7, 11) is 1.52. The van der Waals surface area contributed by atoms with Crippen molar-refractivity contribution >= 4 is 0 Å². The van der Waals surface area contributed by atoms with Gasteiger partial charge in [0.1, 0.15) is 11.6 Å². The van der Waals surface area contributed by atoms with Crippen LogP contribution in [0.15, 0.2) is 12.1 Å². The van der Waals surface area contributed by atoms with Gasteiger partial charge in [0.25, 0.3) is 0 Å². The normalized spacial score (nSPS) is 10.3. The molecule has 0 aromatic heterocycles. The van der Waals surface area contributed by atoms with Gasteiger partial charge in [0.2, 0.25) is 0 Å². The Morgan fingerprint density at radius 3 is 2.64 bits per heavy atom. The average molecular weight is 198 g/mol. The predicted molar refractivity (Wildman–Crippen MR) is 53.1 cm³/mol. The maximum atomic E-state index is 13.1. The van der Waals surface area contributed by atoms with Gasteiger partial charge in [0.15, 0.2) is 0 Å². The molecule has 14 heavy (non-hydrogen) atoms. The van der Waals surface area contributed by atoms with Gasteiger partial charge in [-0.3, -0.25) is 0 Å². The van der Waals surface area contributed by atoms with Crippen LogP contribution in [0.5, 0.6) is 5.75 Å². The maximum Gasteiger partial charge on any atom is 0.127 e. The number of benzene rings is 1. The van der Waals surface area contributed by atoms with Crippen LogP contribution in [0.3, 0.4) is 0 Å². The first kappa shape index (κ1) is 11.0. The van der Waals surface area contributed by atoms with Gasteiger partial charge < -0.3 is 9.84 Å². The molecule has 0 saturated heterocycles. The van der Waals surface area contributed by atoms with Gasteiger partial charge in [-0.1, -0.05) is 6.92 Å². The summed E-state index contributed by atoms with van der Waals surface area (Å²) >= 11 is 0. The second-order valence-electron chi connectivity index (χ2n) is 3.07. The zero-order valence-corrected chi connectivity index (χ0v) is 8.51. The van der Waals surface area contributed by atoms with Crippen molar-refractivity contribution in [1.29, 1.82) is 0 Å². The van der Waals surface area contributed by atoms with Gasteiger partial charge in [-0.25, -0.2) is 4.39 Å². The molecule has 2 nitrogen and oxygen atoms in total. The molecule has 0 unspecified atom stereocenters. The van der Waals surface area contributed by atoms with Crippen LogP contribution in [0.4, 0.5) is 4.39 Å². The van der Waals surface area contributed by atoms with Crippen molar-refractivity contribution in [3.63, 3.8) is 0 Å². The molecular formula is C11H15FO2. The maximum absolute atomic E-state index is 13.1. The highest BCUT2D eigenvalue weighted by atomic mass is 19.1. The summed E-state index contributed by atoms with van der Waals surface area (Å²) in [5.74, 6) is 0.249. The van der Waals surface area contributed by atoms with Crippen LogP contribution >= 0.6 is 0 Å². The Hall–Kier alpha value is -1.09. The summed E-state index contributed by atoms with van der Waals surface area (Å²) in [5, 5.41) is 8.83. The first-order valence-corrected chi connectivity index (χ1v) is 4.69. The Bertz CT molecular complexity index is 310. The minimum absolute atomic E-state index is 0.0274. The van der Waals surface area contributed by atoms with E-state index < -0.39 is 0 Å². The number of aliphatic hydroxyl groups excluding tert-OH is 1. The fourth-order valence-corrected chi connectivity index (χ4v) is 1.59. The fraction of sp³-hybridized carbons (Fsp3) is 0.455. The Labute approximate surface area is 83.3 Å². The van der Waals surface area contributed by atoms with E-state index in [1.807, 2.05) is 6.92 Å². The number of ether oxygens (including phenoxy) is 1. The minimum Gasteiger partial charge on any atom is -0.496 e. The van der Waals surface area contributed by atoms with Crippen molar-refractivity contribution in [3.8, 4) is 5.75 Å². The lowest BCUT2D eigenvalue weighted by Gasteiger charge is -2.11. The van der Waals surface area contributed by atoms with Crippen LogP contribution in [0.2, 0.25) is 0 Å². The first-order chi connectivity index (χ1) is 6.72. The van der Waals surface area contributed by atoms with E-state index >= 15 is 0 Å². The summed E-state index contributed by atoms with van der Waals surface area (Å²) < 4.78 is 18.2. The number of hydrogen-bond donors (Lipinski definition) is 1. The summed E-state index contributed by atoms with van der Waals surface area (Å²) in [5.41, 5.74) is 1.80. The number of aliphatic hydroxyl groups is 1. The molecule has 0 aliphatic rings. The third kappa shape index (κ3) is 2.23. The minimum atomic E-state index is -0.317. The van der Waals surface area contributed by atoms with Crippen molar-refractivity contribution in [2.24, 2.45) is 0 Å². The van der Waals surface area contributed by atoms with Crippen molar-refractivity contribution in [2.45, 2.75) is 19.8 Å². The van der Waals surface area contributed by atoms with E-state index in [4.69, 9.17) is 9.84 Å². The first-order valence-electron chi connectivity index (χ1n) is 4.69. The Balaban J connectivity index is 3.17. The molecule has 3 heteroatoms. The molecule has 0 aliphatic heterocycles. The van der Waals surface area contributed by atoms with Crippen LogP contribution in [-0.4, -0.2) is 18.8 Å². The van der Waals surface area contributed by atoms with Crippen LogP contribution < -0.4 is 4.74 Å². The lowest BCUT2D eigenvalue weighted by molar-refractivity contribution is 0.298. The van der Waals surface area contributed by atoms with Gasteiger partial charge in [-0.15, -0.1) is 0 Å². The van der Waals surface area contributed by atoms with E-state index in [0.717, 1.165) is 17.5 Å². The second kappa shape index (κ2) is 4.96. The van der Waals surface area contributed by atoms with Crippen LogP contribution in [0.1, 0.15) is 18.1 Å². The molecule has 0 heterocycles. The highest BCUT2D eigenvalue weighted by molar-refractivity contribution is 5.41. The average Bonchev–Trinajstić information content (AvgIpc) is 2.17. The van der Waals surface area contributed by atoms with E-state index in [-0.39, 0.29) is 12.4 Å². The summed E-state index contributed by atoms with van der Waals surface area (Å²) in [4.78, 5) is 0. The largest absolute Gasteiger partial charge is 0.496 e. The standard InChI is InChI=1S/C11H15FO2/c1-3-10-8(4-5-13)6-9(12)7-11(10)14-2/h6-7,13H,3-5H2,1-2H3. The fourth-order valence-electron chi connectivity index (χ4n) is 1.59. The van der Waals surface area contributed by atoms with E-state index in [0.29, 0.717) is 12.2 Å². The van der Waals surface area contributed by atoms with Crippen molar-refractivity contribution in [3.05, 3.63) is 29.1 Å². The SMILES string of the molecule is CCc1c(CCO)cc(F)cc1OC. The van der Waals surface area contributed by atoms with E-state index in [9.17, 15) is 4.39 Å². The van der Waals surface area contributed by atoms with Gasteiger partial charge in [0.05, 0.1) is 7.11 Å². The molecule has 0 saturated carbocycles. The summed E-state index contributed by atoms with van der Waals surface area (Å²) in [6, 6.07) is 2.83. The lowest BCUT2D eigenvalue weighted by Crippen LogP contribution is -2.01. The van der Waals surface area contributed by atoms with Crippen molar-refractivity contribution < 1.29 is 14.2 Å². The Morgan fingerprint density at radius 2 is 2.14 bits per heavy atom. The molecule has 1 N–H and O–H groups in total. The zero-order valence-electron chi connectivity index (χ0n) is 8.51. The number of methoxy groups -OCH3 is 1. The van der Waals surface area contributed by atoms with E-state index in [1.54, 1.807) is 0 Å². The van der Waals surface area contributed by atoms with Crippen LogP contribution in [-0.2, 0) is 12.8 Å². The zero-order chi connectivity index (χ0) is 10.6.